The Morgan fingerprint density at radius 1 is 0.919 bits per heavy atom. The Balaban J connectivity index is 1.58. The summed E-state index contributed by atoms with van der Waals surface area (Å²) in [5.74, 6) is -0.215. The van der Waals surface area contributed by atoms with Crippen molar-refractivity contribution in [3.05, 3.63) is 101 Å². The summed E-state index contributed by atoms with van der Waals surface area (Å²) in [5.41, 5.74) is 2.89. The largest absolute Gasteiger partial charge is 0.484 e. The molecule has 6 heteroatoms. The molecule has 1 fully saturated rings. The first-order chi connectivity index (χ1) is 18.0. The van der Waals surface area contributed by atoms with Crippen LogP contribution < -0.4 is 10.1 Å². The maximum atomic E-state index is 13.6. The number of rotatable bonds is 11. The average Bonchev–Trinajstić information content (AvgIpc) is 3.44. The molecule has 0 spiro atoms. The van der Waals surface area contributed by atoms with E-state index in [1.165, 1.54) is 17.7 Å². The molecular formula is C31H35FN2O3. The Bertz CT molecular complexity index is 1140. The van der Waals surface area contributed by atoms with Gasteiger partial charge in [0.1, 0.15) is 17.6 Å². The van der Waals surface area contributed by atoms with Crippen LogP contribution in [0.2, 0.25) is 0 Å². The number of carbonyl (C=O) groups excluding carboxylic acids is 2. The van der Waals surface area contributed by atoms with E-state index in [0.29, 0.717) is 12.2 Å². The Hall–Kier alpha value is -3.67. The zero-order valence-electron chi connectivity index (χ0n) is 21.4. The summed E-state index contributed by atoms with van der Waals surface area (Å²) < 4.78 is 19.4. The van der Waals surface area contributed by atoms with Gasteiger partial charge in [-0.05, 0) is 60.2 Å². The topological polar surface area (TPSA) is 58.6 Å². The lowest BCUT2D eigenvalue weighted by atomic mass is 10.0. The van der Waals surface area contributed by atoms with Gasteiger partial charge in [0.05, 0.1) is 0 Å². The van der Waals surface area contributed by atoms with Gasteiger partial charge in [0.25, 0.3) is 5.91 Å². The van der Waals surface area contributed by atoms with E-state index in [1.54, 1.807) is 17.0 Å². The van der Waals surface area contributed by atoms with Crippen LogP contribution in [0.5, 0.6) is 5.75 Å². The van der Waals surface area contributed by atoms with Gasteiger partial charge in [0.15, 0.2) is 6.61 Å². The Morgan fingerprint density at radius 2 is 1.57 bits per heavy atom. The van der Waals surface area contributed by atoms with E-state index in [-0.39, 0.29) is 36.8 Å². The number of hydrogen-bond acceptors (Lipinski definition) is 3. The van der Waals surface area contributed by atoms with E-state index >= 15 is 0 Å². The third kappa shape index (κ3) is 7.66. The molecule has 3 aromatic rings. The fourth-order valence-electron chi connectivity index (χ4n) is 4.76. The van der Waals surface area contributed by atoms with Crippen molar-refractivity contribution < 1.29 is 18.7 Å². The summed E-state index contributed by atoms with van der Waals surface area (Å²) in [6.07, 6.45) is 5.38. The highest BCUT2D eigenvalue weighted by Gasteiger charge is 2.32. The lowest BCUT2D eigenvalue weighted by molar-refractivity contribution is -0.143. The minimum absolute atomic E-state index is 0.127. The zero-order chi connectivity index (χ0) is 26.0. The highest BCUT2D eigenvalue weighted by molar-refractivity contribution is 5.88. The molecule has 0 saturated heterocycles. The van der Waals surface area contributed by atoms with Crippen LogP contribution in [0.1, 0.15) is 49.3 Å². The van der Waals surface area contributed by atoms with Crippen LogP contribution in [-0.4, -0.2) is 35.4 Å². The monoisotopic (exact) mass is 502 g/mol. The summed E-state index contributed by atoms with van der Waals surface area (Å²) in [4.78, 5) is 28.8. The van der Waals surface area contributed by atoms with E-state index < -0.39 is 6.04 Å². The van der Waals surface area contributed by atoms with Gasteiger partial charge in [0.2, 0.25) is 5.91 Å². The molecule has 1 aliphatic rings. The van der Waals surface area contributed by atoms with Crippen LogP contribution in [0.4, 0.5) is 4.39 Å². The van der Waals surface area contributed by atoms with Gasteiger partial charge in [-0.1, -0.05) is 74.4 Å². The number of nitrogens with zero attached hydrogens (tertiary/aromatic N) is 1. The molecule has 0 aromatic heterocycles. The predicted molar refractivity (Wildman–Crippen MR) is 143 cm³/mol. The molecule has 1 N–H and O–H groups in total. The second-order valence-corrected chi connectivity index (χ2v) is 9.63. The van der Waals surface area contributed by atoms with E-state index in [0.717, 1.165) is 43.2 Å². The standard InChI is InChI=1S/C31H35FN2O3/c1-2-23-14-18-28(19-15-23)37-22-30(35)34(21-25-12-16-26(32)17-13-25)29(20-24-8-4-3-5-9-24)31(36)33-27-10-6-7-11-27/h3-5,8-9,12-19,27,29H,2,6-7,10-11,20-22H2,1H3,(H,33,36)/t29-/m0/s1. The van der Waals surface area contributed by atoms with Crippen LogP contribution in [-0.2, 0) is 29.0 Å². The maximum absolute atomic E-state index is 13.6. The third-order valence-electron chi connectivity index (χ3n) is 6.93. The third-order valence-corrected chi connectivity index (χ3v) is 6.93. The molecule has 0 radical (unpaired) electrons. The van der Waals surface area contributed by atoms with E-state index in [2.05, 4.69) is 12.2 Å². The Morgan fingerprint density at radius 3 is 2.22 bits per heavy atom. The average molecular weight is 503 g/mol. The molecule has 0 bridgehead atoms. The van der Waals surface area contributed by atoms with Crippen molar-refractivity contribution in [1.29, 1.82) is 0 Å². The fourth-order valence-corrected chi connectivity index (χ4v) is 4.76. The SMILES string of the molecule is CCc1ccc(OCC(=O)N(Cc2ccc(F)cc2)[C@@H](Cc2ccccc2)C(=O)NC2CCCC2)cc1. The molecule has 0 heterocycles. The number of benzene rings is 3. The highest BCUT2D eigenvalue weighted by atomic mass is 19.1. The van der Waals surface area contributed by atoms with Gasteiger partial charge in [0, 0.05) is 19.0 Å². The number of aryl methyl sites for hydroxylation is 1. The van der Waals surface area contributed by atoms with Gasteiger partial charge in [-0.2, -0.15) is 0 Å². The molecule has 1 atom stereocenters. The fraction of sp³-hybridized carbons (Fsp3) is 0.355. The smallest absolute Gasteiger partial charge is 0.261 e. The van der Waals surface area contributed by atoms with Gasteiger partial charge in [-0.15, -0.1) is 0 Å². The van der Waals surface area contributed by atoms with Crippen molar-refractivity contribution in [3.63, 3.8) is 0 Å². The van der Waals surface area contributed by atoms with Gasteiger partial charge in [-0.25, -0.2) is 4.39 Å². The summed E-state index contributed by atoms with van der Waals surface area (Å²) in [6.45, 7) is 2.05. The molecule has 1 saturated carbocycles. The molecule has 5 nitrogen and oxygen atoms in total. The van der Waals surface area contributed by atoms with Crippen LogP contribution in [0.15, 0.2) is 78.9 Å². The van der Waals surface area contributed by atoms with Crippen molar-refractivity contribution in [2.45, 2.75) is 64.1 Å². The molecule has 3 aromatic carbocycles. The van der Waals surface area contributed by atoms with Crippen molar-refractivity contribution >= 4 is 11.8 Å². The van der Waals surface area contributed by atoms with E-state index in [4.69, 9.17) is 4.74 Å². The minimum atomic E-state index is -0.730. The number of nitrogens with one attached hydrogen (secondary N) is 1. The summed E-state index contributed by atoms with van der Waals surface area (Å²) >= 11 is 0. The quantitative estimate of drug-likeness (QED) is 0.379. The molecule has 4 rings (SSSR count). The Labute approximate surface area is 218 Å². The number of carbonyl (C=O) groups is 2. The van der Waals surface area contributed by atoms with Gasteiger partial charge < -0.3 is 15.0 Å². The molecule has 0 aliphatic heterocycles. The zero-order valence-corrected chi connectivity index (χ0v) is 21.4. The number of ether oxygens (including phenoxy) is 1. The van der Waals surface area contributed by atoms with Crippen molar-refractivity contribution in [3.8, 4) is 5.75 Å². The van der Waals surface area contributed by atoms with Crippen LogP contribution in [0.25, 0.3) is 0 Å². The molecular weight excluding hydrogens is 467 g/mol. The molecule has 1 aliphatic carbocycles. The second-order valence-electron chi connectivity index (χ2n) is 9.63. The van der Waals surface area contributed by atoms with Gasteiger partial charge in [-0.3, -0.25) is 9.59 Å². The number of hydrogen-bond donors (Lipinski definition) is 1. The molecule has 37 heavy (non-hydrogen) atoms. The predicted octanol–water partition coefficient (Wildman–Crippen LogP) is 5.47. The summed E-state index contributed by atoms with van der Waals surface area (Å²) in [6, 6.07) is 22.8. The lowest BCUT2D eigenvalue weighted by Gasteiger charge is -2.32. The maximum Gasteiger partial charge on any atom is 0.261 e. The normalized spacial score (nSPS) is 14.2. The number of halogens is 1. The van der Waals surface area contributed by atoms with Crippen molar-refractivity contribution in [2.75, 3.05) is 6.61 Å². The van der Waals surface area contributed by atoms with E-state index in [9.17, 15) is 14.0 Å². The lowest BCUT2D eigenvalue weighted by Crippen LogP contribution is -2.53. The Kier molecular flexibility index (Phi) is 9.30. The van der Waals surface area contributed by atoms with Gasteiger partial charge >= 0.3 is 0 Å². The van der Waals surface area contributed by atoms with Crippen molar-refractivity contribution in [1.82, 2.24) is 10.2 Å². The first kappa shape index (κ1) is 26.4. The second kappa shape index (κ2) is 13.0. The molecule has 2 amide bonds. The van der Waals surface area contributed by atoms with Crippen molar-refractivity contribution in [2.24, 2.45) is 0 Å². The summed E-state index contributed by atoms with van der Waals surface area (Å²) in [5, 5.41) is 3.18. The molecule has 0 unspecified atom stereocenters. The molecule has 194 valence electrons. The van der Waals surface area contributed by atoms with Crippen LogP contribution >= 0.6 is 0 Å². The minimum Gasteiger partial charge on any atom is -0.484 e. The van der Waals surface area contributed by atoms with Crippen LogP contribution in [0, 0.1) is 5.82 Å². The first-order valence-electron chi connectivity index (χ1n) is 13.1. The summed E-state index contributed by atoms with van der Waals surface area (Å²) in [7, 11) is 0. The highest BCUT2D eigenvalue weighted by Crippen LogP contribution is 2.21. The number of amides is 2. The van der Waals surface area contributed by atoms with E-state index in [1.807, 2.05) is 54.6 Å². The van der Waals surface area contributed by atoms with Crippen LogP contribution in [0.3, 0.4) is 0 Å². The first-order valence-corrected chi connectivity index (χ1v) is 13.1.